The second kappa shape index (κ2) is 16.0. The minimum Gasteiger partial charge on any atom is -0.459 e. The summed E-state index contributed by atoms with van der Waals surface area (Å²) in [7, 11) is 0. The predicted molar refractivity (Wildman–Crippen MR) is 201 cm³/mol. The first-order valence-electron chi connectivity index (χ1n) is 17.9. The molecule has 10 nitrogen and oxygen atoms in total. The van der Waals surface area contributed by atoms with Crippen LogP contribution in [-0.2, 0) is 30.2 Å². The topological polar surface area (TPSA) is 124 Å². The van der Waals surface area contributed by atoms with E-state index in [1.54, 1.807) is 37.3 Å². The highest BCUT2D eigenvalue weighted by molar-refractivity contribution is 6.37. The maximum Gasteiger partial charge on any atom is 0.290 e. The van der Waals surface area contributed by atoms with Crippen LogP contribution in [0, 0.1) is 12.8 Å². The SMILES string of the molecule is CCO[C@@H]1OC(C(=O)Nc2ccc(N3C(=O)c4ccc(Cl)cc4C3=O)c(C)c2)=C[C@H](c2cccc3c2Cc2ccccc2-3)[C@@H]1CCOCCOCCO. The molecule has 0 saturated carbocycles. The highest BCUT2D eigenvalue weighted by atomic mass is 35.5. The highest BCUT2D eigenvalue weighted by Crippen LogP contribution is 2.46. The van der Waals surface area contributed by atoms with Crippen LogP contribution in [0.1, 0.15) is 62.2 Å². The molecule has 4 aromatic carbocycles. The van der Waals surface area contributed by atoms with Crippen LogP contribution in [0.25, 0.3) is 11.1 Å². The second-order valence-electron chi connectivity index (χ2n) is 13.2. The van der Waals surface area contributed by atoms with Gasteiger partial charge in [0.15, 0.2) is 5.76 Å². The predicted octanol–water partition coefficient (Wildman–Crippen LogP) is 7.05. The number of ether oxygens (including phenoxy) is 4. The molecule has 2 aliphatic heterocycles. The minimum atomic E-state index is -0.726. The molecule has 0 bridgehead atoms. The molecule has 1 aliphatic carbocycles. The Balaban J connectivity index is 1.15. The van der Waals surface area contributed by atoms with Crippen molar-refractivity contribution in [3.8, 4) is 11.1 Å². The van der Waals surface area contributed by atoms with Gasteiger partial charge in [0.25, 0.3) is 17.7 Å². The van der Waals surface area contributed by atoms with Gasteiger partial charge in [0.1, 0.15) is 0 Å². The average Bonchev–Trinajstić information content (AvgIpc) is 3.65. The summed E-state index contributed by atoms with van der Waals surface area (Å²) in [5.41, 5.74) is 8.04. The zero-order chi connectivity index (χ0) is 37.1. The second-order valence-corrected chi connectivity index (χ2v) is 13.6. The van der Waals surface area contributed by atoms with Crippen molar-refractivity contribution >= 4 is 40.7 Å². The maximum absolute atomic E-state index is 14.0. The number of aryl methyl sites for hydroxylation is 1. The number of hydrogen-bond acceptors (Lipinski definition) is 8. The van der Waals surface area contributed by atoms with Crippen LogP contribution in [0.2, 0.25) is 5.02 Å². The van der Waals surface area contributed by atoms with Crippen LogP contribution in [0.3, 0.4) is 0 Å². The van der Waals surface area contributed by atoms with Gasteiger partial charge in [-0.3, -0.25) is 14.4 Å². The molecule has 0 spiro atoms. The third-order valence-corrected chi connectivity index (χ3v) is 10.2. The van der Waals surface area contributed by atoms with Gasteiger partial charge >= 0.3 is 0 Å². The van der Waals surface area contributed by atoms with E-state index < -0.39 is 24.0 Å². The Morgan fingerprint density at radius 2 is 1.68 bits per heavy atom. The van der Waals surface area contributed by atoms with E-state index in [1.807, 2.05) is 13.0 Å². The number of hydrogen-bond donors (Lipinski definition) is 2. The van der Waals surface area contributed by atoms with Crippen LogP contribution in [0.5, 0.6) is 0 Å². The summed E-state index contributed by atoms with van der Waals surface area (Å²) in [5, 5.41) is 12.3. The lowest BCUT2D eigenvalue weighted by Crippen LogP contribution is -2.38. The number of aliphatic hydroxyl groups is 1. The molecule has 2 N–H and O–H groups in total. The van der Waals surface area contributed by atoms with Crippen molar-refractivity contribution in [1.29, 1.82) is 0 Å². The van der Waals surface area contributed by atoms with Crippen molar-refractivity contribution in [2.24, 2.45) is 5.92 Å². The summed E-state index contributed by atoms with van der Waals surface area (Å²) >= 11 is 6.10. The summed E-state index contributed by atoms with van der Waals surface area (Å²) < 4.78 is 23.8. The Kier molecular flexibility index (Phi) is 11.0. The molecule has 3 atom stereocenters. The van der Waals surface area contributed by atoms with Crippen LogP contribution < -0.4 is 10.2 Å². The fourth-order valence-corrected chi connectivity index (χ4v) is 7.68. The van der Waals surface area contributed by atoms with E-state index in [0.29, 0.717) is 60.4 Å². The van der Waals surface area contributed by atoms with E-state index in [0.717, 1.165) is 16.9 Å². The van der Waals surface area contributed by atoms with Crippen molar-refractivity contribution in [3.05, 3.63) is 129 Å². The summed E-state index contributed by atoms with van der Waals surface area (Å²) in [6.45, 7) is 5.46. The molecule has 0 saturated heterocycles. The van der Waals surface area contributed by atoms with Crippen molar-refractivity contribution < 1.29 is 38.4 Å². The molecular weight excluding hydrogens is 696 g/mol. The number of fused-ring (bicyclic) bond motifs is 4. The number of nitrogens with one attached hydrogen (secondary N) is 1. The molecule has 4 aromatic rings. The summed E-state index contributed by atoms with van der Waals surface area (Å²) in [6.07, 6.45) is 2.55. The van der Waals surface area contributed by atoms with Gasteiger partial charge in [0.2, 0.25) is 6.29 Å². The number of benzene rings is 4. The van der Waals surface area contributed by atoms with Gasteiger partial charge in [-0.1, -0.05) is 54.1 Å². The first kappa shape index (κ1) is 36.5. The Hall–Kier alpha value is -4.84. The van der Waals surface area contributed by atoms with Crippen LogP contribution >= 0.6 is 11.6 Å². The minimum absolute atomic E-state index is 0.0402. The van der Waals surface area contributed by atoms with Gasteiger partial charge in [0, 0.05) is 35.8 Å². The normalized spacial score (nSPS) is 18.7. The van der Waals surface area contributed by atoms with Gasteiger partial charge in [-0.15, -0.1) is 0 Å². The third-order valence-electron chi connectivity index (χ3n) is 9.93. The number of anilines is 2. The molecular formula is C42H41ClN2O8. The van der Waals surface area contributed by atoms with Crippen LogP contribution in [0.4, 0.5) is 11.4 Å². The lowest BCUT2D eigenvalue weighted by atomic mass is 9.78. The molecule has 7 rings (SSSR count). The molecule has 0 unspecified atom stereocenters. The molecule has 0 radical (unpaired) electrons. The largest absolute Gasteiger partial charge is 0.459 e. The number of nitrogens with zero attached hydrogens (tertiary/aromatic N) is 1. The number of allylic oxidation sites excluding steroid dienone is 1. The first-order valence-corrected chi connectivity index (χ1v) is 18.2. The van der Waals surface area contributed by atoms with Gasteiger partial charge in [-0.05, 0) is 103 Å². The molecule has 3 amide bonds. The molecule has 0 aromatic heterocycles. The summed E-state index contributed by atoms with van der Waals surface area (Å²) in [6, 6.07) is 24.4. The molecule has 0 fully saturated rings. The number of rotatable bonds is 14. The van der Waals surface area contributed by atoms with Gasteiger partial charge in [0.05, 0.1) is 43.2 Å². The van der Waals surface area contributed by atoms with E-state index >= 15 is 0 Å². The fraction of sp³-hybridized carbons (Fsp3) is 0.310. The Morgan fingerprint density at radius 3 is 2.47 bits per heavy atom. The number of imide groups is 1. The lowest BCUT2D eigenvalue weighted by molar-refractivity contribution is -0.166. The molecule has 274 valence electrons. The van der Waals surface area contributed by atoms with Gasteiger partial charge in [-0.25, -0.2) is 4.90 Å². The average molecular weight is 737 g/mol. The number of amides is 3. The standard InChI is InChI=1S/C42H41ClN2O8/c1-3-52-42-33(15-17-50-19-20-51-18-16-46)35(31-10-6-9-30-29-8-5-4-7-26(29)22-34(30)31)24-38(53-42)39(47)44-28-12-14-37(25(2)21-28)45-40(48)32-13-11-27(43)23-36(32)41(45)49/h4-14,21,23-24,33,35,42,46H,3,15-20,22H2,1-2H3,(H,44,47)/t33-,35+,42+/m0/s1. The van der Waals surface area contributed by atoms with Gasteiger partial charge < -0.3 is 29.4 Å². The van der Waals surface area contributed by atoms with Crippen molar-refractivity contribution in [2.75, 3.05) is 49.9 Å². The van der Waals surface area contributed by atoms with E-state index in [1.165, 1.54) is 28.3 Å². The van der Waals surface area contributed by atoms with Crippen molar-refractivity contribution in [1.82, 2.24) is 0 Å². The highest BCUT2D eigenvalue weighted by Gasteiger charge is 2.40. The fourth-order valence-electron chi connectivity index (χ4n) is 7.50. The molecule has 2 heterocycles. The molecule has 3 aliphatic rings. The van der Waals surface area contributed by atoms with E-state index in [9.17, 15) is 14.4 Å². The monoisotopic (exact) mass is 736 g/mol. The Bertz CT molecular complexity index is 2080. The lowest BCUT2D eigenvalue weighted by Gasteiger charge is -2.37. The van der Waals surface area contributed by atoms with Gasteiger partial charge in [-0.2, -0.15) is 0 Å². The summed E-state index contributed by atoms with van der Waals surface area (Å²) in [5.74, 6) is -1.60. The number of halogens is 1. The maximum atomic E-state index is 14.0. The number of carbonyl (C=O) groups is 3. The third kappa shape index (κ3) is 7.38. The van der Waals surface area contributed by atoms with Crippen molar-refractivity contribution in [3.63, 3.8) is 0 Å². The Morgan fingerprint density at radius 1 is 0.906 bits per heavy atom. The quantitative estimate of drug-likeness (QED) is 0.0919. The summed E-state index contributed by atoms with van der Waals surface area (Å²) in [4.78, 5) is 41.6. The van der Waals surface area contributed by atoms with Crippen molar-refractivity contribution in [2.45, 2.75) is 38.9 Å². The Labute approximate surface area is 313 Å². The van der Waals surface area contributed by atoms with Crippen LogP contribution in [-0.4, -0.2) is 68.8 Å². The first-order chi connectivity index (χ1) is 25.8. The molecule has 11 heteroatoms. The van der Waals surface area contributed by atoms with Crippen LogP contribution in [0.15, 0.2) is 90.7 Å². The smallest absolute Gasteiger partial charge is 0.290 e. The zero-order valence-corrected chi connectivity index (χ0v) is 30.4. The van der Waals surface area contributed by atoms with E-state index in [-0.39, 0.29) is 36.4 Å². The van der Waals surface area contributed by atoms with E-state index in [4.69, 9.17) is 35.7 Å². The molecule has 53 heavy (non-hydrogen) atoms. The number of aliphatic hydroxyl groups excluding tert-OH is 1. The van der Waals surface area contributed by atoms with E-state index in [2.05, 4.69) is 47.8 Å². The zero-order valence-electron chi connectivity index (χ0n) is 29.6. The number of carbonyl (C=O) groups excluding carboxylic acids is 3.